The van der Waals surface area contributed by atoms with E-state index in [0.29, 0.717) is 18.3 Å². The lowest BCUT2D eigenvalue weighted by atomic mass is 10.0. The second-order valence-corrected chi connectivity index (χ2v) is 5.89. The Kier molecular flexibility index (Phi) is 4.71. The topological polar surface area (TPSA) is 68.5 Å². The molecule has 0 N–H and O–H groups in total. The Hall–Kier alpha value is -2.21. The fraction of sp³-hybridized carbons (Fsp3) is 0.471. The van der Waals surface area contributed by atoms with E-state index in [1.54, 1.807) is 0 Å². The van der Waals surface area contributed by atoms with Gasteiger partial charge in [0.25, 0.3) is 0 Å². The molecule has 2 aromatic rings. The Balaban J connectivity index is 1.74. The number of carbonyl (C=O) groups is 1. The smallest absolute Gasteiger partial charge is 0.323 e. The molecule has 1 aliphatic rings. The lowest BCUT2D eigenvalue weighted by molar-refractivity contribution is -0.148. The predicted molar refractivity (Wildman–Crippen MR) is 84.5 cm³/mol. The van der Waals surface area contributed by atoms with Gasteiger partial charge in [0.05, 0.1) is 13.7 Å². The molecule has 1 fully saturated rings. The second kappa shape index (κ2) is 6.91. The number of carbonyl (C=O) groups excluding carboxylic acids is 1. The van der Waals surface area contributed by atoms with E-state index in [4.69, 9.17) is 9.26 Å². The van der Waals surface area contributed by atoms with Crippen LogP contribution in [0.2, 0.25) is 0 Å². The van der Waals surface area contributed by atoms with Crippen molar-refractivity contribution in [1.82, 2.24) is 15.0 Å². The lowest BCUT2D eigenvalue weighted by Gasteiger charge is -2.32. The Morgan fingerprint density at radius 1 is 1.43 bits per heavy atom. The first-order valence-electron chi connectivity index (χ1n) is 7.89. The minimum absolute atomic E-state index is 0.192. The van der Waals surface area contributed by atoms with Crippen LogP contribution in [0, 0.1) is 6.92 Å². The number of hydrogen-bond donors (Lipinski definition) is 0. The number of methoxy groups -OCH3 is 1. The Labute approximate surface area is 135 Å². The molecular formula is C17H21N3O3. The van der Waals surface area contributed by atoms with Crippen LogP contribution < -0.4 is 0 Å². The quantitative estimate of drug-likeness (QED) is 0.808. The summed E-state index contributed by atoms with van der Waals surface area (Å²) >= 11 is 0. The number of esters is 1. The first-order chi connectivity index (χ1) is 11.2. The summed E-state index contributed by atoms with van der Waals surface area (Å²) in [6, 6.07) is 7.76. The number of likely N-dealkylation sites (tertiary alicyclic amines) is 1. The Morgan fingerprint density at radius 3 is 3.09 bits per heavy atom. The molecule has 0 radical (unpaired) electrons. The fourth-order valence-electron chi connectivity index (χ4n) is 2.98. The third-order valence-corrected chi connectivity index (χ3v) is 4.17. The van der Waals surface area contributed by atoms with E-state index >= 15 is 0 Å². The first-order valence-corrected chi connectivity index (χ1v) is 7.89. The average molecular weight is 315 g/mol. The molecule has 0 amide bonds. The molecule has 2 heterocycles. The van der Waals surface area contributed by atoms with Gasteiger partial charge in [0.2, 0.25) is 11.7 Å². The molecule has 1 unspecified atom stereocenters. The summed E-state index contributed by atoms with van der Waals surface area (Å²) in [4.78, 5) is 18.4. The summed E-state index contributed by atoms with van der Waals surface area (Å²) in [6.45, 7) is 3.33. The van der Waals surface area contributed by atoms with Crippen molar-refractivity contribution in [2.75, 3.05) is 13.7 Å². The Morgan fingerprint density at radius 2 is 2.30 bits per heavy atom. The second-order valence-electron chi connectivity index (χ2n) is 5.89. The molecule has 1 saturated heterocycles. The summed E-state index contributed by atoms with van der Waals surface area (Å²) in [6.07, 6.45) is 2.91. The number of rotatable bonds is 4. The van der Waals surface area contributed by atoms with Crippen LogP contribution in [0.4, 0.5) is 0 Å². The van der Waals surface area contributed by atoms with Gasteiger partial charge in [-0.15, -0.1) is 0 Å². The van der Waals surface area contributed by atoms with Crippen molar-refractivity contribution < 1.29 is 14.1 Å². The van der Waals surface area contributed by atoms with E-state index in [0.717, 1.165) is 36.9 Å². The van der Waals surface area contributed by atoms with Gasteiger partial charge < -0.3 is 9.26 Å². The molecule has 0 bridgehead atoms. The average Bonchev–Trinajstić information content (AvgIpc) is 3.03. The van der Waals surface area contributed by atoms with Gasteiger partial charge in [0, 0.05) is 5.56 Å². The molecule has 1 aliphatic heterocycles. The van der Waals surface area contributed by atoms with Crippen molar-refractivity contribution in [1.29, 1.82) is 0 Å². The maximum Gasteiger partial charge on any atom is 0.323 e. The molecule has 3 rings (SSSR count). The number of aryl methyl sites for hydroxylation is 1. The van der Waals surface area contributed by atoms with Crippen molar-refractivity contribution in [2.45, 2.75) is 38.8 Å². The van der Waals surface area contributed by atoms with Gasteiger partial charge in [-0.2, -0.15) is 4.98 Å². The normalized spacial score (nSPS) is 18.8. The van der Waals surface area contributed by atoms with Crippen molar-refractivity contribution in [3.63, 3.8) is 0 Å². The van der Waals surface area contributed by atoms with Crippen molar-refractivity contribution >= 4 is 5.97 Å². The summed E-state index contributed by atoms with van der Waals surface area (Å²) < 4.78 is 10.3. The molecule has 122 valence electrons. The lowest BCUT2D eigenvalue weighted by Crippen LogP contribution is -2.44. The molecule has 23 heavy (non-hydrogen) atoms. The van der Waals surface area contributed by atoms with Gasteiger partial charge in [-0.25, -0.2) is 0 Å². The number of hydrogen-bond acceptors (Lipinski definition) is 6. The number of nitrogens with zero attached hydrogens (tertiary/aromatic N) is 3. The van der Waals surface area contributed by atoms with Gasteiger partial charge in [-0.1, -0.05) is 35.3 Å². The fourth-order valence-corrected chi connectivity index (χ4v) is 2.98. The molecule has 6 nitrogen and oxygen atoms in total. The van der Waals surface area contributed by atoms with E-state index in [9.17, 15) is 4.79 Å². The molecule has 0 spiro atoms. The zero-order chi connectivity index (χ0) is 16.2. The largest absolute Gasteiger partial charge is 0.468 e. The maximum atomic E-state index is 11.9. The van der Waals surface area contributed by atoms with Crippen LogP contribution in [0.5, 0.6) is 0 Å². The highest BCUT2D eigenvalue weighted by atomic mass is 16.5. The minimum atomic E-state index is -0.219. The van der Waals surface area contributed by atoms with Crippen LogP contribution >= 0.6 is 0 Å². The van der Waals surface area contributed by atoms with Crippen molar-refractivity contribution in [3.05, 3.63) is 35.7 Å². The highest BCUT2D eigenvalue weighted by Crippen LogP contribution is 2.22. The van der Waals surface area contributed by atoms with Crippen LogP contribution in [0.1, 0.15) is 30.7 Å². The molecule has 0 aliphatic carbocycles. The monoisotopic (exact) mass is 315 g/mol. The van der Waals surface area contributed by atoms with Gasteiger partial charge in [0.1, 0.15) is 6.04 Å². The number of benzene rings is 1. The summed E-state index contributed by atoms with van der Waals surface area (Å²) in [7, 11) is 1.43. The van der Waals surface area contributed by atoms with E-state index in [2.05, 4.69) is 15.0 Å². The van der Waals surface area contributed by atoms with Crippen LogP contribution in [0.25, 0.3) is 11.4 Å². The van der Waals surface area contributed by atoms with E-state index in [1.165, 1.54) is 7.11 Å². The van der Waals surface area contributed by atoms with Gasteiger partial charge in [0.15, 0.2) is 0 Å². The SMILES string of the molecule is COC(=O)C1CCCCN1Cc1nc(-c2cccc(C)c2)no1. The van der Waals surface area contributed by atoms with Crippen molar-refractivity contribution in [3.8, 4) is 11.4 Å². The highest BCUT2D eigenvalue weighted by molar-refractivity contribution is 5.75. The summed E-state index contributed by atoms with van der Waals surface area (Å²) in [5, 5.41) is 4.05. The van der Waals surface area contributed by atoms with Gasteiger partial charge in [-0.3, -0.25) is 9.69 Å². The zero-order valence-electron chi connectivity index (χ0n) is 13.5. The molecule has 6 heteroatoms. The predicted octanol–water partition coefficient (Wildman–Crippen LogP) is 2.57. The van der Waals surface area contributed by atoms with E-state index < -0.39 is 0 Å². The number of ether oxygens (including phenoxy) is 1. The molecule has 0 saturated carbocycles. The third kappa shape index (κ3) is 3.59. The van der Waals surface area contributed by atoms with Crippen LogP contribution in [0.15, 0.2) is 28.8 Å². The Bertz CT molecular complexity index is 683. The zero-order valence-corrected chi connectivity index (χ0v) is 13.5. The summed E-state index contributed by atoms with van der Waals surface area (Å²) in [5.41, 5.74) is 2.08. The van der Waals surface area contributed by atoms with Gasteiger partial charge >= 0.3 is 5.97 Å². The third-order valence-electron chi connectivity index (χ3n) is 4.17. The van der Waals surface area contributed by atoms with Crippen LogP contribution in [-0.4, -0.2) is 40.7 Å². The summed E-state index contributed by atoms with van der Waals surface area (Å²) in [5.74, 6) is 0.913. The minimum Gasteiger partial charge on any atom is -0.468 e. The van der Waals surface area contributed by atoms with Gasteiger partial charge in [-0.05, 0) is 32.4 Å². The van der Waals surface area contributed by atoms with E-state index in [1.807, 2.05) is 31.2 Å². The maximum absolute atomic E-state index is 11.9. The molecule has 1 aromatic heterocycles. The molecule has 1 aromatic carbocycles. The van der Waals surface area contributed by atoms with E-state index in [-0.39, 0.29) is 12.0 Å². The number of aromatic nitrogens is 2. The number of piperidine rings is 1. The first kappa shape index (κ1) is 15.7. The molecule has 1 atom stereocenters. The molecular weight excluding hydrogens is 294 g/mol. The highest BCUT2D eigenvalue weighted by Gasteiger charge is 2.30. The van der Waals surface area contributed by atoms with Crippen LogP contribution in [-0.2, 0) is 16.1 Å². The standard InChI is InChI=1S/C17H21N3O3/c1-12-6-5-7-13(10-12)16-18-15(23-19-16)11-20-9-4-3-8-14(20)17(21)22-2/h5-7,10,14H,3-4,8-9,11H2,1-2H3. The van der Waals surface area contributed by atoms with Crippen molar-refractivity contribution in [2.24, 2.45) is 0 Å². The van der Waals surface area contributed by atoms with Crippen LogP contribution in [0.3, 0.4) is 0 Å².